The molecular formula is C14H23ClN2O3S. The average molecular weight is 335 g/mol. The van der Waals surface area contributed by atoms with Crippen molar-refractivity contribution < 1.29 is 13.2 Å². The van der Waals surface area contributed by atoms with Crippen molar-refractivity contribution in [2.75, 3.05) is 19.8 Å². The lowest BCUT2D eigenvalue weighted by Gasteiger charge is -2.15. The van der Waals surface area contributed by atoms with Gasteiger partial charge in [-0.3, -0.25) is 0 Å². The van der Waals surface area contributed by atoms with Gasteiger partial charge in [0.05, 0.1) is 11.6 Å². The first-order valence-corrected chi connectivity index (χ1v) is 8.86. The first-order chi connectivity index (χ1) is 9.90. The zero-order valence-electron chi connectivity index (χ0n) is 12.6. The summed E-state index contributed by atoms with van der Waals surface area (Å²) in [5.41, 5.74) is 0.874. The molecule has 1 atom stereocenters. The van der Waals surface area contributed by atoms with Crippen LogP contribution in [-0.4, -0.2) is 34.2 Å². The Labute approximate surface area is 132 Å². The molecule has 1 unspecified atom stereocenters. The van der Waals surface area contributed by atoms with Crippen LogP contribution < -0.4 is 10.0 Å². The van der Waals surface area contributed by atoms with Crippen LogP contribution >= 0.6 is 11.6 Å². The normalized spacial score (nSPS) is 13.3. The Morgan fingerprint density at radius 3 is 2.67 bits per heavy atom. The van der Waals surface area contributed by atoms with Crippen molar-refractivity contribution in [1.29, 1.82) is 0 Å². The van der Waals surface area contributed by atoms with Crippen LogP contribution in [0.25, 0.3) is 0 Å². The molecule has 5 nitrogen and oxygen atoms in total. The maximum Gasteiger partial charge on any atom is 0.242 e. The summed E-state index contributed by atoms with van der Waals surface area (Å²) in [6, 6.07) is 4.70. The minimum absolute atomic E-state index is 0.0999. The highest BCUT2D eigenvalue weighted by atomic mass is 35.5. The summed E-state index contributed by atoms with van der Waals surface area (Å²) in [6.07, 6.45) is 0. The minimum atomic E-state index is -3.66. The van der Waals surface area contributed by atoms with E-state index in [4.69, 9.17) is 16.3 Å². The van der Waals surface area contributed by atoms with Crippen molar-refractivity contribution in [3.63, 3.8) is 0 Å². The molecule has 0 aromatic heterocycles. The molecule has 0 radical (unpaired) electrons. The van der Waals surface area contributed by atoms with Crippen molar-refractivity contribution >= 4 is 21.6 Å². The van der Waals surface area contributed by atoms with Crippen molar-refractivity contribution in [1.82, 2.24) is 10.0 Å². The fourth-order valence-corrected chi connectivity index (χ4v) is 3.57. The van der Waals surface area contributed by atoms with Gasteiger partial charge >= 0.3 is 0 Å². The number of sulfonamides is 1. The van der Waals surface area contributed by atoms with Gasteiger partial charge in [0.25, 0.3) is 0 Å². The van der Waals surface area contributed by atoms with Gasteiger partial charge in [0, 0.05) is 19.2 Å². The molecule has 7 heteroatoms. The van der Waals surface area contributed by atoms with E-state index in [0.29, 0.717) is 19.8 Å². The van der Waals surface area contributed by atoms with Gasteiger partial charge in [-0.25, -0.2) is 13.1 Å². The third kappa shape index (κ3) is 5.92. The number of benzene rings is 1. The lowest BCUT2D eigenvalue weighted by atomic mass is 10.2. The molecule has 0 heterocycles. The van der Waals surface area contributed by atoms with Crippen LogP contribution in [0.1, 0.15) is 26.3 Å². The molecule has 0 saturated heterocycles. The second-order valence-electron chi connectivity index (χ2n) is 4.73. The molecule has 0 spiro atoms. The van der Waals surface area contributed by atoms with Gasteiger partial charge in [-0.05, 0) is 38.1 Å². The largest absolute Gasteiger partial charge is 0.380 e. The molecule has 0 saturated carbocycles. The van der Waals surface area contributed by atoms with Crippen molar-refractivity contribution in [2.45, 2.75) is 38.3 Å². The van der Waals surface area contributed by atoms with Crippen LogP contribution in [-0.2, 0) is 21.3 Å². The SMILES string of the molecule is CCNCc1ccc(Cl)c(S(=O)(=O)NC(C)COCC)c1. The van der Waals surface area contributed by atoms with E-state index >= 15 is 0 Å². The molecule has 0 aliphatic carbocycles. The van der Waals surface area contributed by atoms with E-state index in [1.54, 1.807) is 19.1 Å². The number of nitrogens with one attached hydrogen (secondary N) is 2. The van der Waals surface area contributed by atoms with E-state index in [1.165, 1.54) is 0 Å². The first kappa shape index (κ1) is 18.4. The summed E-state index contributed by atoms with van der Waals surface area (Å²) in [5, 5.41) is 3.37. The number of halogens is 1. The van der Waals surface area contributed by atoms with E-state index in [1.807, 2.05) is 19.9 Å². The third-order valence-electron chi connectivity index (χ3n) is 2.79. The molecule has 0 fully saturated rings. The Morgan fingerprint density at radius 1 is 1.33 bits per heavy atom. The molecule has 120 valence electrons. The summed E-state index contributed by atoms with van der Waals surface area (Å²) in [5.74, 6) is 0. The third-order valence-corrected chi connectivity index (χ3v) is 4.86. The van der Waals surface area contributed by atoms with Crippen molar-refractivity contribution in [2.24, 2.45) is 0 Å². The van der Waals surface area contributed by atoms with Crippen molar-refractivity contribution in [3.8, 4) is 0 Å². The molecular weight excluding hydrogens is 312 g/mol. The van der Waals surface area contributed by atoms with Gasteiger partial charge in [-0.15, -0.1) is 0 Å². The Morgan fingerprint density at radius 2 is 2.05 bits per heavy atom. The fraction of sp³-hybridized carbons (Fsp3) is 0.571. The second kappa shape index (κ2) is 8.70. The molecule has 1 rings (SSSR count). The molecule has 0 aliphatic heterocycles. The van der Waals surface area contributed by atoms with Crippen LogP contribution in [0.3, 0.4) is 0 Å². The Kier molecular flexibility index (Phi) is 7.62. The lowest BCUT2D eigenvalue weighted by Crippen LogP contribution is -2.36. The monoisotopic (exact) mass is 334 g/mol. The van der Waals surface area contributed by atoms with Gasteiger partial charge in [0.15, 0.2) is 0 Å². The lowest BCUT2D eigenvalue weighted by molar-refractivity contribution is 0.133. The Hall–Kier alpha value is -0.660. The fourth-order valence-electron chi connectivity index (χ4n) is 1.79. The maximum absolute atomic E-state index is 12.4. The van der Waals surface area contributed by atoms with E-state index < -0.39 is 10.0 Å². The van der Waals surface area contributed by atoms with E-state index in [9.17, 15) is 8.42 Å². The van der Waals surface area contributed by atoms with Crippen LogP contribution in [0.4, 0.5) is 0 Å². The number of rotatable bonds is 9. The van der Waals surface area contributed by atoms with Gasteiger partial charge in [0.1, 0.15) is 4.90 Å². The number of ether oxygens (including phenoxy) is 1. The van der Waals surface area contributed by atoms with E-state index in [2.05, 4.69) is 10.0 Å². The average Bonchev–Trinajstić information content (AvgIpc) is 2.43. The molecule has 0 amide bonds. The van der Waals surface area contributed by atoms with Gasteiger partial charge in [0.2, 0.25) is 10.0 Å². The topological polar surface area (TPSA) is 67.4 Å². The zero-order chi connectivity index (χ0) is 15.9. The summed E-state index contributed by atoms with van der Waals surface area (Å²) >= 11 is 6.03. The maximum atomic E-state index is 12.4. The second-order valence-corrected chi connectivity index (χ2v) is 6.82. The first-order valence-electron chi connectivity index (χ1n) is 7.00. The quantitative estimate of drug-likeness (QED) is 0.726. The zero-order valence-corrected chi connectivity index (χ0v) is 14.2. The summed E-state index contributed by atoms with van der Waals surface area (Å²) < 4.78 is 32.6. The Balaban J connectivity index is 2.90. The highest BCUT2D eigenvalue weighted by Gasteiger charge is 2.21. The van der Waals surface area contributed by atoms with Gasteiger partial charge < -0.3 is 10.1 Å². The summed E-state index contributed by atoms with van der Waals surface area (Å²) in [7, 11) is -3.66. The summed E-state index contributed by atoms with van der Waals surface area (Å²) in [4.78, 5) is 0.0999. The number of hydrogen-bond donors (Lipinski definition) is 2. The molecule has 2 N–H and O–H groups in total. The van der Waals surface area contributed by atoms with Gasteiger partial charge in [-0.2, -0.15) is 0 Å². The Bertz CT molecular complexity index is 549. The summed E-state index contributed by atoms with van der Waals surface area (Å²) in [6.45, 7) is 7.89. The van der Waals surface area contributed by atoms with Crippen LogP contribution in [0.15, 0.2) is 23.1 Å². The molecule has 0 aliphatic rings. The molecule has 1 aromatic rings. The molecule has 21 heavy (non-hydrogen) atoms. The van der Waals surface area contributed by atoms with Crippen LogP contribution in [0, 0.1) is 0 Å². The van der Waals surface area contributed by atoms with E-state index in [0.717, 1.165) is 12.1 Å². The highest BCUT2D eigenvalue weighted by Crippen LogP contribution is 2.23. The highest BCUT2D eigenvalue weighted by molar-refractivity contribution is 7.89. The smallest absolute Gasteiger partial charge is 0.242 e. The van der Waals surface area contributed by atoms with Crippen molar-refractivity contribution in [3.05, 3.63) is 28.8 Å². The van der Waals surface area contributed by atoms with Crippen LogP contribution in [0.5, 0.6) is 0 Å². The predicted molar refractivity (Wildman–Crippen MR) is 85.1 cm³/mol. The van der Waals surface area contributed by atoms with Gasteiger partial charge in [-0.1, -0.05) is 24.6 Å². The minimum Gasteiger partial charge on any atom is -0.380 e. The van der Waals surface area contributed by atoms with Crippen LogP contribution in [0.2, 0.25) is 5.02 Å². The van der Waals surface area contributed by atoms with E-state index in [-0.39, 0.29) is 16.0 Å². The molecule has 1 aromatic carbocycles. The number of hydrogen-bond acceptors (Lipinski definition) is 4. The standard InChI is InChI=1S/C14H23ClN2O3S/c1-4-16-9-12-6-7-13(15)14(8-12)21(18,19)17-11(3)10-20-5-2/h6-8,11,16-17H,4-5,9-10H2,1-3H3. The molecule has 0 bridgehead atoms. The predicted octanol–water partition coefficient (Wildman–Crippen LogP) is 2.15.